The van der Waals surface area contributed by atoms with Crippen molar-refractivity contribution < 1.29 is 4.79 Å². The first-order chi connectivity index (χ1) is 9.49. The highest BCUT2D eigenvalue weighted by Crippen LogP contribution is 2.14. The van der Waals surface area contributed by atoms with Gasteiger partial charge in [0.05, 0.1) is 11.9 Å². The summed E-state index contributed by atoms with van der Waals surface area (Å²) in [6.45, 7) is 9.01. The molecule has 5 nitrogen and oxygen atoms in total. The van der Waals surface area contributed by atoms with Crippen LogP contribution in [-0.2, 0) is 4.79 Å². The molecule has 0 saturated carbocycles. The Bertz CT molecular complexity index is 579. The second kappa shape index (κ2) is 7.62. The third-order valence-corrected chi connectivity index (χ3v) is 3.41. The highest BCUT2D eigenvalue weighted by atomic mass is 32.2. The van der Waals surface area contributed by atoms with Crippen LogP contribution in [0.4, 0.5) is 0 Å². The lowest BCUT2D eigenvalue weighted by molar-refractivity contribution is -0.116. The van der Waals surface area contributed by atoms with Gasteiger partial charge in [0, 0.05) is 0 Å². The van der Waals surface area contributed by atoms with Gasteiger partial charge in [0.1, 0.15) is 4.91 Å². The highest BCUT2D eigenvalue weighted by molar-refractivity contribution is 8.01. The summed E-state index contributed by atoms with van der Waals surface area (Å²) in [5.74, 6) is -0.399. The molecule has 0 saturated heterocycles. The molecule has 1 rings (SSSR count). The predicted octanol–water partition coefficient (Wildman–Crippen LogP) is 2.29. The molecule has 0 aliphatic rings. The maximum Gasteiger partial charge on any atom is 0.280 e. The van der Waals surface area contributed by atoms with Gasteiger partial charge in [-0.1, -0.05) is 23.8 Å². The van der Waals surface area contributed by atoms with Gasteiger partial charge in [0.15, 0.2) is 0 Å². The number of nitrogens with zero attached hydrogens (tertiary/aromatic N) is 2. The van der Waals surface area contributed by atoms with Crippen molar-refractivity contribution >= 4 is 30.8 Å². The Labute approximate surface area is 123 Å². The van der Waals surface area contributed by atoms with Crippen LogP contribution in [0.2, 0.25) is 0 Å². The first-order valence-electron chi connectivity index (χ1n) is 5.94. The predicted molar refractivity (Wildman–Crippen MR) is 85.7 cm³/mol. The van der Waals surface area contributed by atoms with E-state index in [1.807, 2.05) is 32.0 Å². The van der Waals surface area contributed by atoms with Gasteiger partial charge in [-0.25, -0.2) is 5.43 Å². The van der Waals surface area contributed by atoms with E-state index in [0.29, 0.717) is 5.70 Å². The molecule has 0 heterocycles. The van der Waals surface area contributed by atoms with Crippen molar-refractivity contribution in [2.24, 2.45) is 15.2 Å². The lowest BCUT2D eigenvalue weighted by Crippen LogP contribution is -2.20. The number of rotatable bonds is 5. The van der Waals surface area contributed by atoms with Gasteiger partial charge < -0.3 is 0 Å². The van der Waals surface area contributed by atoms with Gasteiger partial charge in [-0.2, -0.15) is 5.10 Å². The molecule has 106 valence electrons. The van der Waals surface area contributed by atoms with Crippen LogP contribution in [0.5, 0.6) is 0 Å². The first-order valence-corrected chi connectivity index (χ1v) is 6.82. The van der Waals surface area contributed by atoms with Gasteiger partial charge in [-0.15, -0.1) is 0 Å². The molecular weight excluding hydrogens is 272 g/mol. The Morgan fingerprint density at radius 2 is 2.15 bits per heavy atom. The number of nitrogens with two attached hydrogens (primary N) is 1. The fourth-order valence-corrected chi connectivity index (χ4v) is 1.87. The zero-order chi connectivity index (χ0) is 15.1. The fraction of sp³-hybridized carbons (Fsp3) is 0.214. The Morgan fingerprint density at radius 1 is 1.45 bits per heavy atom. The number of carbonyl (C=O) groups excluding carboxylic acids is 1. The normalized spacial score (nSPS) is 12.2. The van der Waals surface area contributed by atoms with E-state index in [9.17, 15) is 4.79 Å². The largest absolute Gasteiger partial charge is 0.280 e. The SMILES string of the molecule is C=N/C(C)=C(\SN)C(=O)N/N=C/c1cc(C)ccc1C. The Hall–Kier alpha value is -1.92. The number of amides is 1. The summed E-state index contributed by atoms with van der Waals surface area (Å²) in [5, 5.41) is 9.37. The van der Waals surface area contributed by atoms with E-state index in [1.54, 1.807) is 13.1 Å². The number of carbonyl (C=O) groups is 1. The Balaban J connectivity index is 2.81. The molecule has 6 heteroatoms. The molecule has 0 radical (unpaired) electrons. The van der Waals surface area contributed by atoms with Crippen molar-refractivity contribution in [1.29, 1.82) is 0 Å². The molecule has 1 aromatic rings. The molecule has 1 aromatic carbocycles. The van der Waals surface area contributed by atoms with Crippen molar-refractivity contribution in [1.82, 2.24) is 5.43 Å². The summed E-state index contributed by atoms with van der Waals surface area (Å²) >= 11 is 0.823. The summed E-state index contributed by atoms with van der Waals surface area (Å²) in [6, 6.07) is 6.03. The standard InChI is InChI=1S/C14H18N4OS/c1-9-5-6-10(2)12(7-9)8-17-18-14(19)13(20-15)11(3)16-4/h5-8H,4,15H2,1-3H3,(H,18,19)/b13-11-,17-8+. The molecule has 0 spiro atoms. The van der Waals surface area contributed by atoms with Crippen molar-refractivity contribution in [3.8, 4) is 0 Å². The van der Waals surface area contributed by atoms with Crippen LogP contribution in [0.25, 0.3) is 0 Å². The van der Waals surface area contributed by atoms with Crippen LogP contribution >= 0.6 is 11.9 Å². The van der Waals surface area contributed by atoms with Crippen LogP contribution in [0.15, 0.2) is 38.9 Å². The molecule has 20 heavy (non-hydrogen) atoms. The van der Waals surface area contributed by atoms with Crippen LogP contribution in [0.3, 0.4) is 0 Å². The smallest absolute Gasteiger partial charge is 0.273 e. The topological polar surface area (TPSA) is 79.8 Å². The van der Waals surface area contributed by atoms with E-state index in [0.717, 1.165) is 28.6 Å². The fourth-order valence-electron chi connectivity index (χ4n) is 1.49. The van der Waals surface area contributed by atoms with Crippen LogP contribution in [0, 0.1) is 13.8 Å². The maximum atomic E-state index is 11.8. The van der Waals surface area contributed by atoms with Crippen LogP contribution < -0.4 is 10.6 Å². The molecule has 0 aromatic heterocycles. The van der Waals surface area contributed by atoms with E-state index in [-0.39, 0.29) is 4.91 Å². The Kier molecular flexibility index (Phi) is 6.14. The van der Waals surface area contributed by atoms with Crippen LogP contribution in [-0.4, -0.2) is 18.8 Å². The Morgan fingerprint density at radius 3 is 2.75 bits per heavy atom. The minimum Gasteiger partial charge on any atom is -0.273 e. The maximum absolute atomic E-state index is 11.8. The average molecular weight is 290 g/mol. The van der Waals surface area contributed by atoms with E-state index < -0.39 is 5.91 Å². The molecule has 0 aliphatic carbocycles. The van der Waals surface area contributed by atoms with Gasteiger partial charge in [0.25, 0.3) is 5.91 Å². The summed E-state index contributed by atoms with van der Waals surface area (Å²) in [4.78, 5) is 15.8. The van der Waals surface area contributed by atoms with Gasteiger partial charge in [-0.3, -0.25) is 14.9 Å². The molecule has 3 N–H and O–H groups in total. The number of nitrogens with one attached hydrogen (secondary N) is 1. The summed E-state index contributed by atoms with van der Waals surface area (Å²) in [5.41, 5.74) is 6.07. The van der Waals surface area contributed by atoms with E-state index >= 15 is 0 Å². The first kappa shape index (κ1) is 16.1. The van der Waals surface area contributed by atoms with Crippen molar-refractivity contribution in [3.63, 3.8) is 0 Å². The van der Waals surface area contributed by atoms with E-state index in [4.69, 9.17) is 5.14 Å². The number of aliphatic imine (C=N–C) groups is 1. The van der Waals surface area contributed by atoms with Crippen molar-refractivity contribution in [3.05, 3.63) is 45.5 Å². The molecule has 1 amide bonds. The monoisotopic (exact) mass is 290 g/mol. The van der Waals surface area contributed by atoms with Gasteiger partial charge in [-0.05, 0) is 50.6 Å². The molecule has 0 fully saturated rings. The molecule has 0 aliphatic heterocycles. The average Bonchev–Trinajstić information content (AvgIpc) is 2.43. The second-order valence-corrected chi connectivity index (χ2v) is 4.89. The number of hydrogen-bond acceptors (Lipinski definition) is 5. The quantitative estimate of drug-likeness (QED) is 0.378. The molecule has 0 atom stereocenters. The minimum absolute atomic E-state index is 0.290. The second-order valence-electron chi connectivity index (χ2n) is 4.25. The van der Waals surface area contributed by atoms with Crippen molar-refractivity contribution in [2.75, 3.05) is 0 Å². The van der Waals surface area contributed by atoms with E-state index in [1.165, 1.54) is 0 Å². The number of hydrazone groups is 1. The number of hydrogen-bond donors (Lipinski definition) is 2. The number of aryl methyl sites for hydroxylation is 2. The highest BCUT2D eigenvalue weighted by Gasteiger charge is 2.11. The van der Waals surface area contributed by atoms with E-state index in [2.05, 4.69) is 22.2 Å². The van der Waals surface area contributed by atoms with Crippen molar-refractivity contribution in [2.45, 2.75) is 20.8 Å². The summed E-state index contributed by atoms with van der Waals surface area (Å²) < 4.78 is 0. The third-order valence-electron chi connectivity index (χ3n) is 2.69. The molecule has 0 bridgehead atoms. The third kappa shape index (κ3) is 4.32. The zero-order valence-corrected chi connectivity index (χ0v) is 12.6. The summed E-state index contributed by atoms with van der Waals surface area (Å²) in [7, 11) is 0. The van der Waals surface area contributed by atoms with Gasteiger partial charge in [0.2, 0.25) is 0 Å². The lowest BCUT2D eigenvalue weighted by Gasteiger charge is -2.04. The zero-order valence-electron chi connectivity index (χ0n) is 11.8. The summed E-state index contributed by atoms with van der Waals surface area (Å²) in [6.07, 6.45) is 1.61. The minimum atomic E-state index is -0.399. The number of allylic oxidation sites excluding steroid dienone is 1. The number of benzene rings is 1. The van der Waals surface area contributed by atoms with Gasteiger partial charge >= 0.3 is 0 Å². The lowest BCUT2D eigenvalue weighted by atomic mass is 10.1. The van der Waals surface area contributed by atoms with Crippen LogP contribution in [0.1, 0.15) is 23.6 Å². The molecular formula is C14H18N4OS. The molecule has 0 unspecified atom stereocenters.